The molecular formula is C47H82I2N2O4. The van der Waals surface area contributed by atoms with Gasteiger partial charge in [-0.2, -0.15) is 0 Å². The number of halogens is 2. The van der Waals surface area contributed by atoms with Crippen LogP contribution in [0.2, 0.25) is 0 Å². The molecule has 1 aromatic heterocycles. The van der Waals surface area contributed by atoms with Crippen molar-refractivity contribution in [1.29, 1.82) is 0 Å². The first-order chi connectivity index (χ1) is 25.9. The summed E-state index contributed by atoms with van der Waals surface area (Å²) in [5, 5.41) is 1.95. The molecule has 0 aromatic carbocycles. The minimum atomic E-state index is -0.514. The average molecular weight is 993 g/mol. The molecule has 0 saturated heterocycles. The van der Waals surface area contributed by atoms with Crippen LogP contribution in [-0.2, 0) is 26.1 Å². The highest BCUT2D eigenvalue weighted by Crippen LogP contribution is 2.37. The Balaban J connectivity index is 0.0000146. The van der Waals surface area contributed by atoms with Crippen molar-refractivity contribution in [3.63, 3.8) is 0 Å². The number of ether oxygens (including phenoxy) is 2. The molecule has 6 nitrogen and oxygen atoms in total. The Labute approximate surface area is 372 Å². The zero-order valence-electron chi connectivity index (χ0n) is 36.0. The first-order valence-electron chi connectivity index (χ1n) is 22.5. The highest BCUT2D eigenvalue weighted by Gasteiger charge is 2.41. The van der Waals surface area contributed by atoms with E-state index in [2.05, 4.69) is 13.8 Å². The first kappa shape index (κ1) is 54.0. The van der Waals surface area contributed by atoms with Gasteiger partial charge in [-0.25, -0.2) is 14.2 Å². The van der Waals surface area contributed by atoms with Crippen LogP contribution in [0.4, 0.5) is 0 Å². The molecule has 0 amide bonds. The molecule has 0 saturated carbocycles. The molecule has 318 valence electrons. The molecule has 1 aromatic rings. The molecule has 8 heteroatoms. The van der Waals surface area contributed by atoms with Gasteiger partial charge in [-0.3, -0.25) is 5.32 Å². The fourth-order valence-corrected chi connectivity index (χ4v) is 7.83. The SMILES string of the molecule is CCCCCCCCCCCCCCCCOC(=O)C1=C(C)[NH2+]C(C)=C(C(=O)OCCCCCCCCCCCCCCCC)C1c1ccc[n+](C)c1.[I-].[I-]. The van der Waals surface area contributed by atoms with E-state index < -0.39 is 5.92 Å². The second-order valence-corrected chi connectivity index (χ2v) is 16.0. The quantitative estimate of drug-likeness (QED) is 0.0421. The summed E-state index contributed by atoms with van der Waals surface area (Å²) in [4.78, 5) is 27.4. The predicted octanol–water partition coefficient (Wildman–Crippen LogP) is 5.78. The van der Waals surface area contributed by atoms with Crippen molar-refractivity contribution >= 4 is 11.9 Å². The summed E-state index contributed by atoms with van der Waals surface area (Å²) < 4.78 is 13.8. The molecule has 0 unspecified atom stereocenters. The highest BCUT2D eigenvalue weighted by atomic mass is 127. The van der Waals surface area contributed by atoms with Crippen LogP contribution in [0.5, 0.6) is 0 Å². The lowest BCUT2D eigenvalue weighted by molar-refractivity contribution is -0.672. The molecular weight excluding hydrogens is 910 g/mol. The fourth-order valence-electron chi connectivity index (χ4n) is 7.83. The van der Waals surface area contributed by atoms with E-state index in [0.29, 0.717) is 24.4 Å². The maximum Gasteiger partial charge on any atom is 0.340 e. The van der Waals surface area contributed by atoms with Crippen molar-refractivity contribution < 1.29 is 76.9 Å². The van der Waals surface area contributed by atoms with Crippen molar-refractivity contribution in [2.45, 2.75) is 213 Å². The molecule has 1 aliphatic heterocycles. The van der Waals surface area contributed by atoms with E-state index >= 15 is 0 Å². The van der Waals surface area contributed by atoms with Crippen LogP contribution in [-0.4, -0.2) is 25.2 Å². The van der Waals surface area contributed by atoms with E-state index in [1.165, 1.54) is 154 Å². The van der Waals surface area contributed by atoms with E-state index in [9.17, 15) is 9.59 Å². The Kier molecular flexibility index (Phi) is 35.4. The average Bonchev–Trinajstić information content (AvgIpc) is 3.14. The fraction of sp³-hybridized carbons (Fsp3) is 0.766. The van der Waals surface area contributed by atoms with Crippen molar-refractivity contribution in [3.8, 4) is 0 Å². The minimum absolute atomic E-state index is 0. The lowest BCUT2D eigenvalue weighted by atomic mass is 9.81. The normalized spacial score (nSPS) is 13.1. The molecule has 0 aliphatic carbocycles. The lowest BCUT2D eigenvalue weighted by Gasteiger charge is -2.26. The summed E-state index contributed by atoms with van der Waals surface area (Å²) in [7, 11) is 1.97. The van der Waals surface area contributed by atoms with Crippen molar-refractivity contribution in [2.24, 2.45) is 7.05 Å². The van der Waals surface area contributed by atoms with Crippen molar-refractivity contribution in [2.75, 3.05) is 13.2 Å². The number of carbonyl (C=O) groups excluding carboxylic acids is 2. The molecule has 0 spiro atoms. The molecule has 0 atom stereocenters. The molecule has 1 aliphatic rings. The molecule has 2 N–H and O–H groups in total. The molecule has 0 bridgehead atoms. The van der Waals surface area contributed by atoms with Crippen LogP contribution in [0.3, 0.4) is 0 Å². The van der Waals surface area contributed by atoms with Gasteiger partial charge in [0.15, 0.2) is 12.4 Å². The van der Waals surface area contributed by atoms with E-state index in [-0.39, 0.29) is 59.9 Å². The van der Waals surface area contributed by atoms with Gasteiger partial charge in [0.1, 0.15) is 29.6 Å². The number of unbranched alkanes of at least 4 members (excludes halogenated alkanes) is 26. The number of aromatic nitrogens is 1. The number of quaternary nitrogens is 1. The van der Waals surface area contributed by atoms with Gasteiger partial charge in [0.25, 0.3) is 0 Å². The maximum atomic E-state index is 13.7. The second-order valence-electron chi connectivity index (χ2n) is 16.0. The van der Waals surface area contributed by atoms with Gasteiger partial charge >= 0.3 is 11.9 Å². The molecule has 0 radical (unpaired) electrons. The van der Waals surface area contributed by atoms with Crippen LogP contribution in [0.25, 0.3) is 0 Å². The summed E-state index contributed by atoms with van der Waals surface area (Å²) in [6.07, 6.45) is 40.1. The number of rotatable bonds is 33. The summed E-state index contributed by atoms with van der Waals surface area (Å²) in [5.74, 6) is -1.16. The number of hydrogen-bond donors (Lipinski definition) is 1. The number of carbonyl (C=O) groups is 2. The van der Waals surface area contributed by atoms with Gasteiger partial charge in [0.2, 0.25) is 0 Å². The predicted molar refractivity (Wildman–Crippen MR) is 220 cm³/mol. The number of hydrogen-bond acceptors (Lipinski definition) is 4. The summed E-state index contributed by atoms with van der Waals surface area (Å²) in [6.45, 7) is 9.28. The van der Waals surface area contributed by atoms with E-state index in [1.807, 2.05) is 55.3 Å². The number of allylic oxidation sites excluding steroid dienone is 2. The zero-order valence-corrected chi connectivity index (χ0v) is 40.3. The third kappa shape index (κ3) is 24.5. The molecule has 2 heterocycles. The van der Waals surface area contributed by atoms with Crippen LogP contribution >= 0.6 is 0 Å². The van der Waals surface area contributed by atoms with E-state index in [1.54, 1.807) is 0 Å². The van der Waals surface area contributed by atoms with Gasteiger partial charge in [-0.15, -0.1) is 0 Å². The van der Waals surface area contributed by atoms with Gasteiger partial charge in [-0.1, -0.05) is 181 Å². The second kappa shape index (κ2) is 36.1. The van der Waals surface area contributed by atoms with E-state index in [4.69, 9.17) is 9.47 Å². The maximum absolute atomic E-state index is 13.7. The Morgan fingerprint density at radius 3 is 1.16 bits per heavy atom. The number of pyridine rings is 1. The van der Waals surface area contributed by atoms with E-state index in [0.717, 1.165) is 42.6 Å². The monoisotopic (exact) mass is 992 g/mol. The zero-order chi connectivity index (χ0) is 38.4. The number of aryl methyl sites for hydroxylation is 1. The van der Waals surface area contributed by atoms with Gasteiger partial charge in [-0.05, 0) is 18.9 Å². The Bertz CT molecular complexity index is 1130. The van der Waals surface area contributed by atoms with Crippen LogP contribution < -0.4 is 57.8 Å². The summed E-state index contributed by atoms with van der Waals surface area (Å²) in [6, 6.07) is 3.96. The van der Waals surface area contributed by atoms with Crippen LogP contribution in [0.1, 0.15) is 219 Å². The third-order valence-electron chi connectivity index (χ3n) is 11.1. The first-order valence-corrected chi connectivity index (χ1v) is 22.5. The Hall–Kier alpha value is -1.01. The highest BCUT2D eigenvalue weighted by molar-refractivity contribution is 5.99. The smallest absolute Gasteiger partial charge is 0.340 e. The molecule has 2 rings (SSSR count). The topological polar surface area (TPSA) is 73.1 Å². The van der Waals surface area contributed by atoms with Crippen LogP contribution in [0, 0.1) is 0 Å². The Morgan fingerprint density at radius 1 is 0.545 bits per heavy atom. The largest absolute Gasteiger partial charge is 1.00 e. The number of esters is 2. The summed E-state index contributed by atoms with van der Waals surface area (Å²) >= 11 is 0. The number of nitrogens with two attached hydrogens (primary N) is 1. The molecule has 0 fully saturated rings. The van der Waals surface area contributed by atoms with Gasteiger partial charge in [0.05, 0.1) is 19.1 Å². The van der Waals surface area contributed by atoms with Gasteiger partial charge in [0, 0.05) is 25.5 Å². The van der Waals surface area contributed by atoms with Crippen molar-refractivity contribution in [3.05, 3.63) is 52.6 Å². The third-order valence-corrected chi connectivity index (χ3v) is 11.1. The molecule has 55 heavy (non-hydrogen) atoms. The van der Waals surface area contributed by atoms with Crippen molar-refractivity contribution in [1.82, 2.24) is 0 Å². The Morgan fingerprint density at radius 2 is 0.855 bits per heavy atom. The standard InChI is InChI=1S/C47H80N2O4.2HI/c1-6-8-10-12-14-16-18-20-22-24-26-28-30-32-37-52-46(50)43-40(3)48-41(4)44(45(43)42-35-34-36-49(5)39-42)47(51)53-38-33-31-29-27-25-23-21-19-17-15-13-11-9-7-2;;/h34-36,39,45H,6-33,37-38H2,1-5H3;2*1H. The minimum Gasteiger partial charge on any atom is -1.00 e. The number of nitrogens with zero attached hydrogens (tertiary/aromatic N) is 1. The lowest BCUT2D eigenvalue weighted by Crippen LogP contribution is -3.00. The van der Waals surface area contributed by atoms with Gasteiger partial charge < -0.3 is 57.4 Å². The van der Waals surface area contributed by atoms with Crippen LogP contribution in [0.15, 0.2) is 47.1 Å². The summed E-state index contributed by atoms with van der Waals surface area (Å²) in [5.41, 5.74) is 3.71.